The lowest BCUT2D eigenvalue weighted by atomic mass is 10.00. The minimum absolute atomic E-state index is 0.881. The second-order valence-corrected chi connectivity index (χ2v) is 13.5. The summed E-state index contributed by atoms with van der Waals surface area (Å²) >= 11 is 1.87. The number of furan rings is 1. The standard InChI is InChI=1S/C46H29NOS/c1-2-11-30(12-3-1)31-21-25-34(26-22-31)47(44-36-14-5-4-13-33(36)29-41-38-15-6-8-19-42(38)48-45(41)44)35-27-23-32(24-28-35)37-17-10-18-40-39-16-7-9-20-43(39)49-46(37)40/h1-29H. The smallest absolute Gasteiger partial charge is 0.160 e. The third kappa shape index (κ3) is 4.55. The fraction of sp³-hybridized carbons (Fsp3) is 0. The van der Waals surface area contributed by atoms with Crippen molar-refractivity contribution in [3.63, 3.8) is 0 Å². The zero-order chi connectivity index (χ0) is 32.3. The molecule has 10 aromatic rings. The number of benzene rings is 8. The van der Waals surface area contributed by atoms with Crippen molar-refractivity contribution in [1.29, 1.82) is 0 Å². The van der Waals surface area contributed by atoms with Crippen molar-refractivity contribution in [3.05, 3.63) is 176 Å². The Morgan fingerprint density at radius 1 is 0.429 bits per heavy atom. The number of thiophene rings is 1. The quantitative estimate of drug-likeness (QED) is 0.186. The van der Waals surface area contributed by atoms with Crippen LogP contribution in [0.5, 0.6) is 0 Å². The minimum atomic E-state index is 0.881. The molecule has 0 N–H and O–H groups in total. The lowest BCUT2D eigenvalue weighted by Crippen LogP contribution is -2.11. The number of nitrogens with zero attached hydrogens (tertiary/aromatic N) is 1. The van der Waals surface area contributed by atoms with E-state index in [2.05, 4.69) is 175 Å². The van der Waals surface area contributed by atoms with Gasteiger partial charge in [0.25, 0.3) is 0 Å². The summed E-state index contributed by atoms with van der Waals surface area (Å²) in [5.74, 6) is 0. The number of hydrogen-bond donors (Lipinski definition) is 0. The van der Waals surface area contributed by atoms with E-state index < -0.39 is 0 Å². The summed E-state index contributed by atoms with van der Waals surface area (Å²) in [5, 5.41) is 7.18. The van der Waals surface area contributed by atoms with E-state index in [4.69, 9.17) is 4.42 Å². The molecule has 0 aliphatic rings. The molecule has 0 unspecified atom stereocenters. The molecule has 2 nitrogen and oxygen atoms in total. The fourth-order valence-electron chi connectivity index (χ4n) is 7.33. The molecule has 3 heteroatoms. The van der Waals surface area contributed by atoms with Crippen LogP contribution in [0.15, 0.2) is 180 Å². The molecule has 2 heterocycles. The van der Waals surface area contributed by atoms with Crippen molar-refractivity contribution < 1.29 is 4.42 Å². The molecular weight excluding hydrogens is 615 g/mol. The van der Waals surface area contributed by atoms with E-state index >= 15 is 0 Å². The molecule has 0 radical (unpaired) electrons. The number of hydrogen-bond acceptors (Lipinski definition) is 3. The number of para-hydroxylation sites is 1. The topological polar surface area (TPSA) is 16.4 Å². The largest absolute Gasteiger partial charge is 0.454 e. The van der Waals surface area contributed by atoms with Gasteiger partial charge in [-0.05, 0) is 70.1 Å². The third-order valence-electron chi connectivity index (χ3n) is 9.66. The van der Waals surface area contributed by atoms with Crippen molar-refractivity contribution in [2.24, 2.45) is 0 Å². The van der Waals surface area contributed by atoms with E-state index in [0.717, 1.165) is 44.4 Å². The summed E-state index contributed by atoms with van der Waals surface area (Å²) in [6.45, 7) is 0. The Kier molecular flexibility index (Phi) is 6.39. The zero-order valence-electron chi connectivity index (χ0n) is 26.5. The van der Waals surface area contributed by atoms with E-state index in [0.29, 0.717) is 0 Å². The maximum Gasteiger partial charge on any atom is 0.160 e. The highest BCUT2D eigenvalue weighted by Crippen LogP contribution is 2.47. The second-order valence-electron chi connectivity index (χ2n) is 12.5. The molecule has 0 amide bonds. The lowest BCUT2D eigenvalue weighted by molar-refractivity contribution is 0.669. The van der Waals surface area contributed by atoms with E-state index in [1.165, 1.54) is 47.8 Å². The van der Waals surface area contributed by atoms with Crippen LogP contribution < -0.4 is 4.90 Å². The Labute approximate surface area is 287 Å². The molecule has 0 bridgehead atoms. The summed E-state index contributed by atoms with van der Waals surface area (Å²) in [7, 11) is 0. The Morgan fingerprint density at radius 3 is 1.84 bits per heavy atom. The maximum absolute atomic E-state index is 6.74. The van der Waals surface area contributed by atoms with Crippen LogP contribution in [0.2, 0.25) is 0 Å². The van der Waals surface area contributed by atoms with Crippen molar-refractivity contribution in [2.75, 3.05) is 4.90 Å². The van der Waals surface area contributed by atoms with Gasteiger partial charge in [-0.15, -0.1) is 11.3 Å². The Morgan fingerprint density at radius 2 is 1.04 bits per heavy atom. The molecule has 0 fully saturated rings. The van der Waals surface area contributed by atoms with Crippen molar-refractivity contribution in [2.45, 2.75) is 0 Å². The van der Waals surface area contributed by atoms with Gasteiger partial charge >= 0.3 is 0 Å². The summed E-state index contributed by atoms with van der Waals surface area (Å²) in [4.78, 5) is 2.37. The maximum atomic E-state index is 6.74. The van der Waals surface area contributed by atoms with Crippen molar-refractivity contribution >= 4 is 81.3 Å². The molecule has 0 spiro atoms. The molecule has 0 saturated heterocycles. The van der Waals surface area contributed by atoms with Crippen molar-refractivity contribution in [3.8, 4) is 22.3 Å². The van der Waals surface area contributed by atoms with Gasteiger partial charge in [-0.2, -0.15) is 0 Å². The van der Waals surface area contributed by atoms with Crippen LogP contribution >= 0.6 is 11.3 Å². The van der Waals surface area contributed by atoms with Crippen LogP contribution in [0.3, 0.4) is 0 Å². The molecule has 0 aliphatic carbocycles. The van der Waals surface area contributed by atoms with Gasteiger partial charge in [-0.25, -0.2) is 0 Å². The molecule has 0 saturated carbocycles. The van der Waals surface area contributed by atoms with Gasteiger partial charge in [-0.1, -0.05) is 133 Å². The first-order valence-electron chi connectivity index (χ1n) is 16.6. The van der Waals surface area contributed by atoms with E-state index in [1.54, 1.807) is 0 Å². The molecule has 230 valence electrons. The highest BCUT2D eigenvalue weighted by atomic mass is 32.1. The van der Waals surface area contributed by atoms with Crippen LogP contribution in [0.1, 0.15) is 0 Å². The van der Waals surface area contributed by atoms with E-state index in [9.17, 15) is 0 Å². The normalized spacial score (nSPS) is 11.7. The lowest BCUT2D eigenvalue weighted by Gasteiger charge is -2.27. The van der Waals surface area contributed by atoms with Crippen LogP contribution in [0, 0.1) is 0 Å². The molecule has 2 aromatic heterocycles. The zero-order valence-corrected chi connectivity index (χ0v) is 27.3. The summed E-state index contributed by atoms with van der Waals surface area (Å²) in [6, 6.07) is 63.1. The van der Waals surface area contributed by atoms with E-state index in [1.807, 2.05) is 17.4 Å². The average Bonchev–Trinajstić information content (AvgIpc) is 3.74. The van der Waals surface area contributed by atoms with Crippen LogP contribution in [0.4, 0.5) is 17.1 Å². The predicted octanol–water partition coefficient (Wildman–Crippen LogP) is 13.9. The summed E-state index contributed by atoms with van der Waals surface area (Å²) < 4.78 is 9.38. The van der Waals surface area contributed by atoms with Crippen molar-refractivity contribution in [1.82, 2.24) is 0 Å². The van der Waals surface area contributed by atoms with Crippen LogP contribution in [0.25, 0.3) is 75.1 Å². The number of rotatable bonds is 5. The first kappa shape index (κ1) is 27.9. The number of anilines is 3. The SMILES string of the molecule is c1ccc(-c2ccc(N(c3ccc(-c4cccc5c4sc4ccccc45)cc3)c3c4ccccc4cc4c3oc3ccccc34)cc2)cc1. The molecule has 0 atom stereocenters. The van der Waals surface area contributed by atoms with Crippen LogP contribution in [-0.2, 0) is 0 Å². The highest BCUT2D eigenvalue weighted by molar-refractivity contribution is 7.26. The Hall–Kier alpha value is -6.16. The van der Waals surface area contributed by atoms with Gasteiger partial charge in [0, 0.05) is 47.7 Å². The predicted molar refractivity (Wildman–Crippen MR) is 210 cm³/mol. The third-order valence-corrected chi connectivity index (χ3v) is 10.9. The minimum Gasteiger partial charge on any atom is -0.454 e. The van der Waals surface area contributed by atoms with Crippen LogP contribution in [-0.4, -0.2) is 0 Å². The molecule has 8 aromatic carbocycles. The Balaban J connectivity index is 1.19. The second kappa shape index (κ2) is 11.2. The number of fused-ring (bicyclic) bond motifs is 7. The van der Waals surface area contributed by atoms with E-state index in [-0.39, 0.29) is 0 Å². The van der Waals surface area contributed by atoms with Gasteiger partial charge in [0.1, 0.15) is 5.58 Å². The van der Waals surface area contributed by atoms with Gasteiger partial charge in [0.05, 0.1) is 5.69 Å². The highest BCUT2D eigenvalue weighted by Gasteiger charge is 2.23. The molecule has 0 aliphatic heterocycles. The molecule has 10 rings (SSSR count). The fourth-order valence-corrected chi connectivity index (χ4v) is 8.57. The van der Waals surface area contributed by atoms with Gasteiger partial charge in [-0.3, -0.25) is 0 Å². The average molecular weight is 644 g/mol. The molecule has 49 heavy (non-hydrogen) atoms. The van der Waals surface area contributed by atoms with Gasteiger partial charge in [0.15, 0.2) is 5.58 Å². The van der Waals surface area contributed by atoms with Gasteiger partial charge in [0.2, 0.25) is 0 Å². The monoisotopic (exact) mass is 643 g/mol. The summed E-state index contributed by atoms with van der Waals surface area (Å²) in [6.07, 6.45) is 0. The first-order valence-corrected chi connectivity index (χ1v) is 17.4. The summed E-state index contributed by atoms with van der Waals surface area (Å²) in [5.41, 5.74) is 9.78. The van der Waals surface area contributed by atoms with Gasteiger partial charge < -0.3 is 9.32 Å². The first-order chi connectivity index (χ1) is 24.3. The Bertz CT molecular complexity index is 2810. The molecular formula is C46H29NOS.